The third kappa shape index (κ3) is 4.93. The Kier molecular flexibility index (Phi) is 7.06. The summed E-state index contributed by atoms with van der Waals surface area (Å²) >= 11 is 6.86. The van der Waals surface area contributed by atoms with Gasteiger partial charge < -0.3 is 20.3 Å². The van der Waals surface area contributed by atoms with E-state index in [-0.39, 0.29) is 6.61 Å². The Bertz CT molecular complexity index is 338. The lowest BCUT2D eigenvalue weighted by atomic mass is 10.2. The van der Waals surface area contributed by atoms with Gasteiger partial charge in [-0.15, -0.1) is 0 Å². The van der Waals surface area contributed by atoms with Gasteiger partial charge in [0, 0.05) is 6.54 Å². The maximum absolute atomic E-state index is 8.54. The van der Waals surface area contributed by atoms with Gasteiger partial charge in [0.25, 0.3) is 0 Å². The van der Waals surface area contributed by atoms with Crippen LogP contribution in [-0.2, 0) is 11.3 Å². The minimum absolute atomic E-state index is 0.0264. The molecule has 0 radical (unpaired) electrons. The number of benzene rings is 1. The molecule has 0 unspecified atom stereocenters. The van der Waals surface area contributed by atoms with Crippen molar-refractivity contribution in [2.75, 3.05) is 26.4 Å². The van der Waals surface area contributed by atoms with Crippen molar-refractivity contribution in [1.29, 1.82) is 0 Å². The topological polar surface area (TPSA) is 64.7 Å². The van der Waals surface area contributed by atoms with E-state index in [1.807, 2.05) is 12.1 Å². The average molecular weight is 369 g/mol. The van der Waals surface area contributed by atoms with Gasteiger partial charge in [-0.1, -0.05) is 0 Å². The van der Waals surface area contributed by atoms with Crippen molar-refractivity contribution in [3.63, 3.8) is 0 Å². The lowest BCUT2D eigenvalue weighted by molar-refractivity contribution is 0.0702. The Hall–Kier alpha value is -0.140. The zero-order chi connectivity index (χ0) is 12.7. The van der Waals surface area contributed by atoms with Gasteiger partial charge in [0.1, 0.15) is 12.4 Å². The molecular formula is C11H15Br2NO3. The number of aliphatic hydroxyl groups excluding tert-OH is 1. The Morgan fingerprint density at radius 2 is 1.76 bits per heavy atom. The molecule has 1 aromatic rings. The fraction of sp³-hybridized carbons (Fsp3) is 0.455. The van der Waals surface area contributed by atoms with Gasteiger partial charge in [-0.25, -0.2) is 0 Å². The number of ether oxygens (including phenoxy) is 2. The number of rotatable bonds is 7. The van der Waals surface area contributed by atoms with Crippen molar-refractivity contribution in [3.8, 4) is 5.75 Å². The van der Waals surface area contributed by atoms with Gasteiger partial charge in [0.05, 0.1) is 28.8 Å². The molecule has 0 spiro atoms. The van der Waals surface area contributed by atoms with Gasteiger partial charge >= 0.3 is 0 Å². The second-order valence-electron chi connectivity index (χ2n) is 3.28. The van der Waals surface area contributed by atoms with Gasteiger partial charge in [-0.2, -0.15) is 0 Å². The summed E-state index contributed by atoms with van der Waals surface area (Å²) in [6.07, 6.45) is 0. The molecule has 1 aromatic carbocycles. The first kappa shape index (κ1) is 14.9. The van der Waals surface area contributed by atoms with Crippen LogP contribution in [0.15, 0.2) is 21.1 Å². The Labute approximate surface area is 117 Å². The Morgan fingerprint density at radius 3 is 2.29 bits per heavy atom. The smallest absolute Gasteiger partial charge is 0.147 e. The average Bonchev–Trinajstić information content (AvgIpc) is 2.31. The second-order valence-corrected chi connectivity index (χ2v) is 4.99. The molecule has 0 aromatic heterocycles. The van der Waals surface area contributed by atoms with Crippen molar-refractivity contribution in [2.45, 2.75) is 6.54 Å². The highest BCUT2D eigenvalue weighted by Crippen LogP contribution is 2.34. The van der Waals surface area contributed by atoms with Crippen molar-refractivity contribution in [2.24, 2.45) is 5.73 Å². The molecule has 96 valence electrons. The first-order valence-corrected chi connectivity index (χ1v) is 6.77. The summed E-state index contributed by atoms with van der Waals surface area (Å²) in [4.78, 5) is 0. The standard InChI is InChI=1S/C11H15Br2NO3/c12-9-5-8(7-14)6-10(13)11(9)17-4-3-16-2-1-15/h5-6,15H,1-4,7,14H2. The summed E-state index contributed by atoms with van der Waals surface area (Å²) in [5.41, 5.74) is 6.59. The highest BCUT2D eigenvalue weighted by molar-refractivity contribution is 9.11. The first-order valence-electron chi connectivity index (χ1n) is 5.18. The van der Waals surface area contributed by atoms with E-state index in [4.69, 9.17) is 20.3 Å². The molecule has 1 rings (SSSR count). The van der Waals surface area contributed by atoms with Crippen molar-refractivity contribution in [1.82, 2.24) is 0 Å². The molecule has 3 N–H and O–H groups in total. The highest BCUT2D eigenvalue weighted by Gasteiger charge is 2.08. The lowest BCUT2D eigenvalue weighted by Crippen LogP contribution is -2.09. The SMILES string of the molecule is NCc1cc(Br)c(OCCOCCO)c(Br)c1. The van der Waals surface area contributed by atoms with E-state index >= 15 is 0 Å². The van der Waals surface area contributed by atoms with Crippen LogP contribution >= 0.6 is 31.9 Å². The molecule has 4 nitrogen and oxygen atoms in total. The van der Waals surface area contributed by atoms with E-state index in [1.54, 1.807) is 0 Å². The second kappa shape index (κ2) is 8.05. The van der Waals surface area contributed by atoms with Crippen LogP contribution in [0.5, 0.6) is 5.75 Å². The highest BCUT2D eigenvalue weighted by atomic mass is 79.9. The summed E-state index contributed by atoms with van der Waals surface area (Å²) in [7, 11) is 0. The fourth-order valence-corrected chi connectivity index (χ4v) is 2.75. The van der Waals surface area contributed by atoms with E-state index in [0.717, 1.165) is 20.3 Å². The summed E-state index contributed by atoms with van der Waals surface area (Å²) in [6.45, 7) is 1.71. The predicted molar refractivity (Wildman–Crippen MR) is 73.1 cm³/mol. The number of aliphatic hydroxyl groups is 1. The molecule has 0 fully saturated rings. The Morgan fingerprint density at radius 1 is 1.12 bits per heavy atom. The van der Waals surface area contributed by atoms with E-state index in [9.17, 15) is 0 Å². The van der Waals surface area contributed by atoms with Gasteiger partial charge in [-0.05, 0) is 49.6 Å². The normalized spacial score (nSPS) is 10.6. The molecule has 0 saturated carbocycles. The van der Waals surface area contributed by atoms with Crippen molar-refractivity contribution < 1.29 is 14.6 Å². The number of hydrogen-bond donors (Lipinski definition) is 2. The minimum atomic E-state index is 0.0264. The van der Waals surface area contributed by atoms with Crippen LogP contribution in [0, 0.1) is 0 Å². The fourth-order valence-electron chi connectivity index (χ4n) is 1.24. The lowest BCUT2D eigenvalue weighted by Gasteiger charge is -2.11. The van der Waals surface area contributed by atoms with E-state index in [1.165, 1.54) is 0 Å². The van der Waals surface area contributed by atoms with Crippen LogP contribution in [0.2, 0.25) is 0 Å². The molecule has 0 aliphatic heterocycles. The molecule has 17 heavy (non-hydrogen) atoms. The van der Waals surface area contributed by atoms with E-state index in [2.05, 4.69) is 31.9 Å². The van der Waals surface area contributed by atoms with E-state index < -0.39 is 0 Å². The molecule has 0 atom stereocenters. The van der Waals surface area contributed by atoms with Crippen LogP contribution in [0.25, 0.3) is 0 Å². The maximum atomic E-state index is 8.54. The summed E-state index contributed by atoms with van der Waals surface area (Å²) in [5, 5.41) is 8.54. The van der Waals surface area contributed by atoms with Gasteiger partial charge in [0.2, 0.25) is 0 Å². The number of halogens is 2. The van der Waals surface area contributed by atoms with Crippen LogP contribution < -0.4 is 10.5 Å². The Balaban J connectivity index is 2.53. The summed E-state index contributed by atoms with van der Waals surface area (Å²) in [5.74, 6) is 0.731. The molecule has 0 heterocycles. The van der Waals surface area contributed by atoms with Crippen molar-refractivity contribution in [3.05, 3.63) is 26.6 Å². The molecule has 0 aliphatic rings. The molecule has 0 saturated heterocycles. The third-order valence-electron chi connectivity index (χ3n) is 2.00. The van der Waals surface area contributed by atoms with Crippen LogP contribution in [0.1, 0.15) is 5.56 Å². The third-order valence-corrected chi connectivity index (χ3v) is 3.18. The minimum Gasteiger partial charge on any atom is -0.489 e. The van der Waals surface area contributed by atoms with Crippen LogP contribution in [0.4, 0.5) is 0 Å². The predicted octanol–water partition coefficient (Wildman–Crippen LogP) is 2.06. The molecule has 0 amide bonds. The molecule has 0 bridgehead atoms. The van der Waals surface area contributed by atoms with Gasteiger partial charge in [0.15, 0.2) is 0 Å². The summed E-state index contributed by atoms with van der Waals surface area (Å²) < 4.78 is 12.4. The monoisotopic (exact) mass is 367 g/mol. The first-order chi connectivity index (χ1) is 8.19. The quantitative estimate of drug-likeness (QED) is 0.723. The molecule has 0 aliphatic carbocycles. The zero-order valence-electron chi connectivity index (χ0n) is 9.29. The molecule has 6 heteroatoms. The summed E-state index contributed by atoms with van der Waals surface area (Å²) in [6, 6.07) is 3.85. The van der Waals surface area contributed by atoms with E-state index in [0.29, 0.717) is 26.4 Å². The van der Waals surface area contributed by atoms with Crippen LogP contribution in [-0.4, -0.2) is 31.5 Å². The molecular weight excluding hydrogens is 354 g/mol. The maximum Gasteiger partial charge on any atom is 0.147 e. The van der Waals surface area contributed by atoms with Crippen molar-refractivity contribution >= 4 is 31.9 Å². The van der Waals surface area contributed by atoms with Crippen LogP contribution in [0.3, 0.4) is 0 Å². The number of hydrogen-bond acceptors (Lipinski definition) is 4. The largest absolute Gasteiger partial charge is 0.489 e. The number of nitrogens with two attached hydrogens (primary N) is 1. The van der Waals surface area contributed by atoms with Gasteiger partial charge in [-0.3, -0.25) is 0 Å². The zero-order valence-corrected chi connectivity index (χ0v) is 12.5.